The lowest BCUT2D eigenvalue weighted by Crippen LogP contribution is -2.04. The Morgan fingerprint density at radius 2 is 1.94 bits per heavy atom. The van der Waals surface area contributed by atoms with E-state index < -0.39 is 0 Å². The second-order valence-electron chi connectivity index (χ2n) is 2.86. The molecule has 0 saturated carbocycles. The van der Waals surface area contributed by atoms with Crippen LogP contribution in [-0.2, 0) is 14.3 Å². The van der Waals surface area contributed by atoms with E-state index in [0.717, 1.165) is 5.56 Å². The average Bonchev–Trinajstić information content (AvgIpc) is 2.23. The van der Waals surface area contributed by atoms with Crippen molar-refractivity contribution >= 4 is 17.8 Å². The Balaban J connectivity index is 0.000000673. The first kappa shape index (κ1) is 14.6. The van der Waals surface area contributed by atoms with Crippen molar-refractivity contribution in [1.82, 2.24) is 0 Å². The standard InChI is InChI=1S/C10H13ClO2.CO2/c1-8-3-4-10(9(11)7-8)13-6-5-12-2;2-1-3/h3-4,7H,5-6H2,1-2H3;. The molecule has 0 heterocycles. The van der Waals surface area contributed by atoms with Crippen LogP contribution in [-0.4, -0.2) is 26.5 Å². The number of halogens is 1. The van der Waals surface area contributed by atoms with E-state index in [9.17, 15) is 0 Å². The molecule has 0 amide bonds. The molecule has 88 valence electrons. The zero-order chi connectivity index (χ0) is 12.4. The molecule has 0 saturated heterocycles. The Morgan fingerprint density at radius 1 is 1.31 bits per heavy atom. The molecule has 0 aliphatic rings. The van der Waals surface area contributed by atoms with Crippen LogP contribution in [0.3, 0.4) is 0 Å². The maximum Gasteiger partial charge on any atom is 0.373 e. The molecule has 0 radical (unpaired) electrons. The van der Waals surface area contributed by atoms with E-state index in [-0.39, 0.29) is 6.15 Å². The second-order valence-corrected chi connectivity index (χ2v) is 3.27. The Bertz CT molecular complexity index is 346. The summed E-state index contributed by atoms with van der Waals surface area (Å²) in [4.78, 5) is 16.2. The molecule has 0 atom stereocenters. The molecule has 0 aromatic heterocycles. The SMILES string of the molecule is COCCOc1ccc(C)cc1Cl.O=C=O. The molecule has 1 aromatic rings. The van der Waals surface area contributed by atoms with Crippen molar-refractivity contribution in [2.75, 3.05) is 20.3 Å². The van der Waals surface area contributed by atoms with Gasteiger partial charge in [-0.2, -0.15) is 9.59 Å². The van der Waals surface area contributed by atoms with Gasteiger partial charge in [-0.3, -0.25) is 0 Å². The van der Waals surface area contributed by atoms with Crippen LogP contribution in [0.25, 0.3) is 0 Å². The molecule has 0 aliphatic heterocycles. The van der Waals surface area contributed by atoms with Gasteiger partial charge in [-0.25, -0.2) is 0 Å². The Hall–Kier alpha value is -1.35. The number of hydrogen-bond acceptors (Lipinski definition) is 4. The molecule has 1 aromatic carbocycles. The Labute approximate surface area is 99.1 Å². The van der Waals surface area contributed by atoms with Gasteiger partial charge in [0.1, 0.15) is 12.4 Å². The highest BCUT2D eigenvalue weighted by Gasteiger charge is 2.00. The van der Waals surface area contributed by atoms with E-state index in [1.165, 1.54) is 0 Å². The molecule has 1 rings (SSSR count). The summed E-state index contributed by atoms with van der Waals surface area (Å²) in [6.07, 6.45) is 0.250. The second kappa shape index (κ2) is 8.92. The molecule has 4 nitrogen and oxygen atoms in total. The van der Waals surface area contributed by atoms with Gasteiger partial charge in [0.05, 0.1) is 11.6 Å². The highest BCUT2D eigenvalue weighted by Crippen LogP contribution is 2.24. The third-order valence-corrected chi connectivity index (χ3v) is 1.93. The van der Waals surface area contributed by atoms with Crippen LogP contribution in [0.15, 0.2) is 18.2 Å². The quantitative estimate of drug-likeness (QED) is 0.761. The van der Waals surface area contributed by atoms with Crippen molar-refractivity contribution in [2.24, 2.45) is 0 Å². The molecule has 0 unspecified atom stereocenters. The molecule has 0 aliphatic carbocycles. The lowest BCUT2D eigenvalue weighted by atomic mass is 10.2. The van der Waals surface area contributed by atoms with Gasteiger partial charge in [-0.1, -0.05) is 17.7 Å². The fourth-order valence-corrected chi connectivity index (χ4v) is 1.25. The summed E-state index contributed by atoms with van der Waals surface area (Å²) in [5.74, 6) is 0.712. The van der Waals surface area contributed by atoms with Gasteiger partial charge in [-0.15, -0.1) is 0 Å². The van der Waals surface area contributed by atoms with Crippen LogP contribution in [0.5, 0.6) is 5.75 Å². The smallest absolute Gasteiger partial charge is 0.373 e. The van der Waals surface area contributed by atoms with Crippen molar-refractivity contribution < 1.29 is 19.1 Å². The fraction of sp³-hybridized carbons (Fsp3) is 0.364. The van der Waals surface area contributed by atoms with E-state index >= 15 is 0 Å². The number of benzene rings is 1. The summed E-state index contributed by atoms with van der Waals surface area (Å²) in [6, 6.07) is 5.71. The summed E-state index contributed by atoms with van der Waals surface area (Å²) in [7, 11) is 1.64. The third-order valence-electron chi connectivity index (χ3n) is 1.63. The minimum Gasteiger partial charge on any atom is -0.490 e. The zero-order valence-corrected chi connectivity index (χ0v) is 9.91. The monoisotopic (exact) mass is 244 g/mol. The van der Waals surface area contributed by atoms with Gasteiger partial charge in [0, 0.05) is 7.11 Å². The lowest BCUT2D eigenvalue weighted by Gasteiger charge is -2.07. The van der Waals surface area contributed by atoms with Gasteiger partial charge in [0.15, 0.2) is 0 Å². The maximum absolute atomic E-state index is 8.12. The number of methoxy groups -OCH3 is 1. The highest BCUT2D eigenvalue weighted by atomic mass is 35.5. The number of rotatable bonds is 4. The van der Waals surface area contributed by atoms with Crippen molar-refractivity contribution in [1.29, 1.82) is 0 Å². The van der Waals surface area contributed by atoms with Crippen molar-refractivity contribution in [3.8, 4) is 5.75 Å². The summed E-state index contributed by atoms with van der Waals surface area (Å²) in [5.41, 5.74) is 1.13. The first-order valence-corrected chi connectivity index (χ1v) is 4.90. The van der Waals surface area contributed by atoms with Crippen LogP contribution in [0.1, 0.15) is 5.56 Å². The largest absolute Gasteiger partial charge is 0.490 e. The van der Waals surface area contributed by atoms with Gasteiger partial charge >= 0.3 is 6.15 Å². The molecule has 0 spiro atoms. The van der Waals surface area contributed by atoms with Crippen LogP contribution < -0.4 is 4.74 Å². The number of aryl methyl sites for hydroxylation is 1. The lowest BCUT2D eigenvalue weighted by molar-refractivity contribution is -0.191. The molecule has 0 N–H and O–H groups in total. The maximum atomic E-state index is 8.12. The zero-order valence-electron chi connectivity index (χ0n) is 9.16. The fourth-order valence-electron chi connectivity index (χ4n) is 0.958. The predicted octanol–water partition coefficient (Wildman–Crippen LogP) is 2.09. The minimum absolute atomic E-state index is 0.250. The third kappa shape index (κ3) is 6.19. The Morgan fingerprint density at radius 3 is 2.44 bits per heavy atom. The van der Waals surface area contributed by atoms with E-state index in [1.54, 1.807) is 7.11 Å². The molecular formula is C11H13ClO4. The average molecular weight is 245 g/mol. The van der Waals surface area contributed by atoms with E-state index in [4.69, 9.17) is 30.7 Å². The number of hydrogen-bond donors (Lipinski definition) is 0. The van der Waals surface area contributed by atoms with E-state index in [0.29, 0.717) is 24.0 Å². The minimum atomic E-state index is 0.250. The van der Waals surface area contributed by atoms with Gasteiger partial charge < -0.3 is 9.47 Å². The normalized spacial score (nSPS) is 8.69. The van der Waals surface area contributed by atoms with E-state index in [1.807, 2.05) is 25.1 Å². The molecule has 16 heavy (non-hydrogen) atoms. The van der Waals surface area contributed by atoms with Gasteiger partial charge in [0.2, 0.25) is 0 Å². The first-order chi connectivity index (χ1) is 7.65. The summed E-state index contributed by atoms with van der Waals surface area (Å²) >= 11 is 5.94. The van der Waals surface area contributed by atoms with Crippen molar-refractivity contribution in [3.63, 3.8) is 0 Å². The first-order valence-electron chi connectivity index (χ1n) is 4.52. The van der Waals surface area contributed by atoms with Gasteiger partial charge in [-0.05, 0) is 24.6 Å². The molecule has 5 heteroatoms. The molecule has 0 bridgehead atoms. The predicted molar refractivity (Wildman–Crippen MR) is 58.6 cm³/mol. The highest BCUT2D eigenvalue weighted by molar-refractivity contribution is 6.32. The van der Waals surface area contributed by atoms with Crippen molar-refractivity contribution in [2.45, 2.75) is 6.92 Å². The molecule has 0 fully saturated rings. The van der Waals surface area contributed by atoms with Crippen LogP contribution in [0.2, 0.25) is 5.02 Å². The summed E-state index contributed by atoms with van der Waals surface area (Å²) in [5, 5.41) is 0.649. The van der Waals surface area contributed by atoms with Gasteiger partial charge in [0.25, 0.3) is 0 Å². The van der Waals surface area contributed by atoms with Crippen molar-refractivity contribution in [3.05, 3.63) is 28.8 Å². The number of carbonyl (C=O) groups excluding carboxylic acids is 2. The Kier molecular flexibility index (Phi) is 8.17. The van der Waals surface area contributed by atoms with Crippen LogP contribution >= 0.6 is 11.6 Å². The number of ether oxygens (including phenoxy) is 2. The summed E-state index contributed by atoms with van der Waals surface area (Å²) in [6.45, 7) is 3.09. The van der Waals surface area contributed by atoms with E-state index in [2.05, 4.69) is 0 Å². The summed E-state index contributed by atoms with van der Waals surface area (Å²) < 4.78 is 10.2. The molecular weight excluding hydrogens is 232 g/mol. The topological polar surface area (TPSA) is 52.6 Å². The van der Waals surface area contributed by atoms with Crippen LogP contribution in [0, 0.1) is 6.92 Å². The van der Waals surface area contributed by atoms with Crippen LogP contribution in [0.4, 0.5) is 0 Å².